The molecule has 0 atom stereocenters. The molecule has 1 heterocycles. The summed E-state index contributed by atoms with van der Waals surface area (Å²) in [4.78, 5) is 7.16. The zero-order chi connectivity index (χ0) is 18.2. The molecule has 1 aromatic rings. The largest absolute Gasteiger partial charge is 0.497 e. The average molecular weight is 377 g/mol. The topological polar surface area (TPSA) is 48.9 Å². The van der Waals surface area contributed by atoms with Crippen molar-refractivity contribution < 1.29 is 4.74 Å². The molecule has 6 heteroatoms. The number of nitrogens with one attached hydrogen (secondary N) is 2. The van der Waals surface area contributed by atoms with Crippen LogP contribution in [0.4, 0.5) is 0 Å². The van der Waals surface area contributed by atoms with Crippen molar-refractivity contribution in [3.05, 3.63) is 29.8 Å². The third-order valence-electron chi connectivity index (χ3n) is 5.64. The maximum absolute atomic E-state index is 5.22. The summed E-state index contributed by atoms with van der Waals surface area (Å²) in [5, 5.41) is 7.05. The molecule has 1 aliphatic carbocycles. The highest BCUT2D eigenvalue weighted by Gasteiger charge is 2.39. The Morgan fingerprint density at radius 2 is 1.85 bits per heavy atom. The van der Waals surface area contributed by atoms with Crippen LogP contribution in [0.15, 0.2) is 29.3 Å². The third-order valence-corrected chi connectivity index (χ3v) is 6.59. The van der Waals surface area contributed by atoms with Gasteiger partial charge in [0.2, 0.25) is 0 Å². The van der Waals surface area contributed by atoms with E-state index in [2.05, 4.69) is 44.4 Å². The normalized spacial score (nSPS) is 20.8. The monoisotopic (exact) mass is 376 g/mol. The van der Waals surface area contributed by atoms with Crippen LogP contribution in [0.25, 0.3) is 0 Å². The van der Waals surface area contributed by atoms with Crippen LogP contribution >= 0.6 is 11.8 Å². The fraction of sp³-hybridized carbons (Fsp3) is 0.650. The highest BCUT2D eigenvalue weighted by Crippen LogP contribution is 2.36. The molecule has 0 aromatic heterocycles. The molecule has 0 unspecified atom stereocenters. The van der Waals surface area contributed by atoms with E-state index in [1.165, 1.54) is 55.8 Å². The van der Waals surface area contributed by atoms with Crippen molar-refractivity contribution in [2.24, 2.45) is 4.99 Å². The Labute approximate surface area is 162 Å². The molecular weight excluding hydrogens is 344 g/mol. The number of methoxy groups -OCH3 is 1. The lowest BCUT2D eigenvalue weighted by Gasteiger charge is -2.43. The fourth-order valence-electron chi connectivity index (χ4n) is 4.07. The van der Waals surface area contributed by atoms with Gasteiger partial charge in [0.25, 0.3) is 0 Å². The van der Waals surface area contributed by atoms with E-state index in [1.54, 1.807) is 7.11 Å². The molecule has 0 spiro atoms. The first-order valence-corrected chi connectivity index (χ1v) is 10.8. The third kappa shape index (κ3) is 4.86. The van der Waals surface area contributed by atoms with Crippen LogP contribution in [0.1, 0.15) is 31.2 Å². The summed E-state index contributed by atoms with van der Waals surface area (Å²) in [6.45, 7) is 4.20. The van der Waals surface area contributed by atoms with Gasteiger partial charge in [-0.2, -0.15) is 11.8 Å². The van der Waals surface area contributed by atoms with Gasteiger partial charge in [0.1, 0.15) is 5.75 Å². The summed E-state index contributed by atoms with van der Waals surface area (Å²) < 4.78 is 5.22. The van der Waals surface area contributed by atoms with Crippen LogP contribution in [0, 0.1) is 0 Å². The second-order valence-electron chi connectivity index (χ2n) is 7.16. The van der Waals surface area contributed by atoms with Crippen molar-refractivity contribution in [2.75, 3.05) is 45.3 Å². The molecule has 1 saturated heterocycles. The van der Waals surface area contributed by atoms with Crippen molar-refractivity contribution in [1.29, 1.82) is 0 Å². The summed E-state index contributed by atoms with van der Waals surface area (Å²) in [5.74, 6) is 4.32. The van der Waals surface area contributed by atoms with Crippen LogP contribution in [0.2, 0.25) is 0 Å². The molecule has 3 rings (SSSR count). The predicted octanol–water partition coefficient (Wildman–Crippen LogP) is 2.72. The van der Waals surface area contributed by atoms with Crippen LogP contribution in [0.3, 0.4) is 0 Å². The number of thioether (sulfide) groups is 1. The Morgan fingerprint density at radius 1 is 1.15 bits per heavy atom. The summed E-state index contributed by atoms with van der Waals surface area (Å²) in [6.07, 6.45) is 5.31. The first-order chi connectivity index (χ1) is 12.8. The van der Waals surface area contributed by atoms with E-state index in [4.69, 9.17) is 4.74 Å². The van der Waals surface area contributed by atoms with Crippen LogP contribution in [-0.2, 0) is 6.54 Å². The molecule has 5 nitrogen and oxygen atoms in total. The van der Waals surface area contributed by atoms with Gasteiger partial charge in [-0.1, -0.05) is 25.0 Å². The lowest BCUT2D eigenvalue weighted by molar-refractivity contribution is 0.107. The van der Waals surface area contributed by atoms with Crippen LogP contribution in [-0.4, -0.2) is 61.7 Å². The van der Waals surface area contributed by atoms with Crippen molar-refractivity contribution in [2.45, 2.75) is 37.8 Å². The van der Waals surface area contributed by atoms with Crippen LogP contribution < -0.4 is 15.4 Å². The van der Waals surface area contributed by atoms with E-state index >= 15 is 0 Å². The number of guanidine groups is 1. The van der Waals surface area contributed by atoms with E-state index in [-0.39, 0.29) is 0 Å². The smallest absolute Gasteiger partial charge is 0.191 e. The minimum atomic E-state index is 0.318. The second kappa shape index (κ2) is 9.51. The zero-order valence-electron chi connectivity index (χ0n) is 16.1. The fourth-order valence-corrected chi connectivity index (χ4v) is 4.98. The lowest BCUT2D eigenvalue weighted by atomic mass is 9.94. The highest BCUT2D eigenvalue weighted by molar-refractivity contribution is 7.99. The summed E-state index contributed by atoms with van der Waals surface area (Å²) in [7, 11) is 3.54. The van der Waals surface area contributed by atoms with Gasteiger partial charge >= 0.3 is 0 Å². The molecule has 2 fully saturated rings. The van der Waals surface area contributed by atoms with Gasteiger partial charge < -0.3 is 15.4 Å². The zero-order valence-corrected chi connectivity index (χ0v) is 16.9. The number of hydrogen-bond donors (Lipinski definition) is 2. The van der Waals surface area contributed by atoms with Crippen molar-refractivity contribution in [1.82, 2.24) is 15.5 Å². The van der Waals surface area contributed by atoms with E-state index in [9.17, 15) is 0 Å². The number of hydrogen-bond acceptors (Lipinski definition) is 4. The molecule has 0 amide bonds. The summed E-state index contributed by atoms with van der Waals surface area (Å²) in [5.41, 5.74) is 1.54. The van der Waals surface area contributed by atoms with E-state index < -0.39 is 0 Å². The standard InChI is InChI=1S/C20H32N4OS/c1-21-19(22-15-17-5-7-18(25-2)8-6-17)23-16-20(9-3-4-10-20)24-11-13-26-14-12-24/h5-8H,3-4,9-16H2,1-2H3,(H2,21,22,23). The van der Waals surface area contributed by atoms with Crippen molar-refractivity contribution in [3.63, 3.8) is 0 Å². The van der Waals surface area contributed by atoms with Gasteiger partial charge in [0, 0.05) is 50.3 Å². The van der Waals surface area contributed by atoms with Gasteiger partial charge in [-0.3, -0.25) is 9.89 Å². The molecule has 1 aliphatic heterocycles. The average Bonchev–Trinajstić information content (AvgIpc) is 3.19. The lowest BCUT2D eigenvalue weighted by Crippen LogP contribution is -2.57. The van der Waals surface area contributed by atoms with Crippen LogP contribution in [0.5, 0.6) is 5.75 Å². The molecular formula is C20H32N4OS. The molecule has 1 saturated carbocycles. The van der Waals surface area contributed by atoms with Crippen molar-refractivity contribution in [3.8, 4) is 5.75 Å². The maximum Gasteiger partial charge on any atom is 0.191 e. The van der Waals surface area contributed by atoms with Gasteiger partial charge in [-0.25, -0.2) is 0 Å². The molecule has 0 bridgehead atoms. The molecule has 26 heavy (non-hydrogen) atoms. The Balaban J connectivity index is 1.53. The number of nitrogens with zero attached hydrogens (tertiary/aromatic N) is 2. The Bertz CT molecular complexity index is 578. The molecule has 2 aliphatic rings. The predicted molar refractivity (Wildman–Crippen MR) is 111 cm³/mol. The highest BCUT2D eigenvalue weighted by atomic mass is 32.2. The molecule has 144 valence electrons. The molecule has 2 N–H and O–H groups in total. The first-order valence-electron chi connectivity index (χ1n) is 9.66. The molecule has 1 aromatic carbocycles. The number of aliphatic imine (C=N–C) groups is 1. The Hall–Kier alpha value is -1.40. The maximum atomic E-state index is 5.22. The number of rotatable bonds is 6. The first kappa shape index (κ1) is 19.4. The second-order valence-corrected chi connectivity index (χ2v) is 8.38. The SMILES string of the molecule is CN=C(NCc1ccc(OC)cc1)NCC1(N2CCSCC2)CCCC1. The minimum Gasteiger partial charge on any atom is -0.497 e. The van der Waals surface area contributed by atoms with E-state index in [1.807, 2.05) is 19.2 Å². The quantitative estimate of drug-likeness (QED) is 0.591. The van der Waals surface area contributed by atoms with Gasteiger partial charge in [-0.05, 0) is 30.5 Å². The summed E-state index contributed by atoms with van der Waals surface area (Å²) in [6, 6.07) is 8.16. The van der Waals surface area contributed by atoms with E-state index in [0.717, 1.165) is 24.8 Å². The number of ether oxygens (including phenoxy) is 1. The van der Waals surface area contributed by atoms with Gasteiger partial charge in [-0.15, -0.1) is 0 Å². The Morgan fingerprint density at radius 3 is 2.46 bits per heavy atom. The number of benzene rings is 1. The molecule has 0 radical (unpaired) electrons. The Kier molecular flexibility index (Phi) is 7.08. The van der Waals surface area contributed by atoms with Gasteiger partial charge in [0.05, 0.1) is 7.11 Å². The minimum absolute atomic E-state index is 0.318. The summed E-state index contributed by atoms with van der Waals surface area (Å²) >= 11 is 2.09. The van der Waals surface area contributed by atoms with Crippen molar-refractivity contribution >= 4 is 17.7 Å². The van der Waals surface area contributed by atoms with Gasteiger partial charge in [0.15, 0.2) is 5.96 Å². The van der Waals surface area contributed by atoms with E-state index in [0.29, 0.717) is 5.54 Å².